The van der Waals surface area contributed by atoms with Crippen molar-refractivity contribution in [2.24, 2.45) is 0 Å². The summed E-state index contributed by atoms with van der Waals surface area (Å²) in [6.45, 7) is 3.43. The van der Waals surface area contributed by atoms with Crippen molar-refractivity contribution in [1.82, 2.24) is 0 Å². The highest BCUT2D eigenvalue weighted by Crippen LogP contribution is 2.33. The number of rotatable bonds is 1. The van der Waals surface area contributed by atoms with E-state index < -0.39 is 0 Å². The lowest BCUT2D eigenvalue weighted by atomic mass is 9.96. The third kappa shape index (κ3) is 1.22. The van der Waals surface area contributed by atoms with Crippen LogP contribution in [0.15, 0.2) is 6.07 Å². The molecule has 1 aliphatic carbocycles. The maximum Gasteiger partial charge on any atom is 0.163 e. The van der Waals surface area contributed by atoms with Crippen molar-refractivity contribution in [2.45, 2.75) is 33.1 Å². The van der Waals surface area contributed by atoms with E-state index in [1.807, 2.05) is 6.92 Å². The zero-order valence-corrected chi connectivity index (χ0v) is 8.55. The number of hydrogen-bond acceptors (Lipinski definition) is 2. The minimum absolute atomic E-state index is 0.0466. The molecular weight excluding hydrogens is 176 g/mol. The smallest absolute Gasteiger partial charge is 0.163 e. The summed E-state index contributed by atoms with van der Waals surface area (Å²) < 4.78 is 0. The van der Waals surface area contributed by atoms with Crippen molar-refractivity contribution in [3.63, 3.8) is 0 Å². The fourth-order valence-corrected chi connectivity index (χ4v) is 2.38. The van der Waals surface area contributed by atoms with E-state index >= 15 is 0 Å². The van der Waals surface area contributed by atoms with E-state index in [-0.39, 0.29) is 11.5 Å². The van der Waals surface area contributed by atoms with Gasteiger partial charge in [-0.2, -0.15) is 0 Å². The summed E-state index contributed by atoms with van der Waals surface area (Å²) in [5, 5.41) is 9.71. The molecule has 0 aliphatic heterocycles. The second-order valence-electron chi connectivity index (χ2n) is 3.94. The molecule has 0 spiro atoms. The number of fused-ring (bicyclic) bond motifs is 1. The first kappa shape index (κ1) is 9.25. The van der Waals surface area contributed by atoms with Gasteiger partial charge in [0.05, 0.1) is 5.56 Å². The summed E-state index contributed by atoms with van der Waals surface area (Å²) in [6, 6.07) is 1.76. The Morgan fingerprint density at radius 3 is 2.79 bits per heavy atom. The number of carbonyl (C=O) groups is 1. The van der Waals surface area contributed by atoms with Gasteiger partial charge in [0, 0.05) is 0 Å². The molecule has 0 aromatic heterocycles. The third-order valence-electron chi connectivity index (χ3n) is 3.01. The van der Waals surface area contributed by atoms with E-state index in [9.17, 15) is 9.90 Å². The molecule has 0 bridgehead atoms. The van der Waals surface area contributed by atoms with Crippen molar-refractivity contribution in [3.8, 4) is 5.75 Å². The third-order valence-corrected chi connectivity index (χ3v) is 3.01. The number of aryl methyl sites for hydroxylation is 1. The summed E-state index contributed by atoms with van der Waals surface area (Å²) >= 11 is 0. The number of phenolic OH excluding ortho intramolecular Hbond substituents is 1. The van der Waals surface area contributed by atoms with E-state index in [4.69, 9.17) is 0 Å². The second-order valence-corrected chi connectivity index (χ2v) is 3.94. The molecule has 1 N–H and O–H groups in total. The molecule has 0 radical (unpaired) electrons. The first-order valence-electron chi connectivity index (χ1n) is 4.96. The summed E-state index contributed by atoms with van der Waals surface area (Å²) in [5.41, 5.74) is 3.97. The number of hydrogen-bond donors (Lipinski definition) is 1. The predicted octanol–water partition coefficient (Wildman–Crippen LogP) is 2.39. The standard InChI is InChI=1S/C12H14O2/c1-7-10-5-3-4-9(10)6-11(14)12(7)8(2)13/h6,14H,3-5H2,1-2H3. The molecule has 1 aliphatic rings. The molecule has 0 saturated heterocycles. The van der Waals surface area contributed by atoms with Crippen LogP contribution in [0.1, 0.15) is 40.4 Å². The molecule has 0 amide bonds. The monoisotopic (exact) mass is 190 g/mol. The van der Waals surface area contributed by atoms with Gasteiger partial charge in [0.15, 0.2) is 5.78 Å². The Labute approximate surface area is 83.6 Å². The molecule has 1 aromatic rings. The number of benzene rings is 1. The van der Waals surface area contributed by atoms with Crippen LogP contribution >= 0.6 is 0 Å². The zero-order chi connectivity index (χ0) is 10.3. The van der Waals surface area contributed by atoms with Crippen molar-refractivity contribution < 1.29 is 9.90 Å². The molecular formula is C12H14O2. The van der Waals surface area contributed by atoms with Crippen LogP contribution < -0.4 is 0 Å². The second kappa shape index (κ2) is 3.12. The van der Waals surface area contributed by atoms with Gasteiger partial charge < -0.3 is 5.11 Å². The molecule has 2 heteroatoms. The van der Waals surface area contributed by atoms with Gasteiger partial charge in [-0.3, -0.25) is 4.79 Å². The summed E-state index contributed by atoms with van der Waals surface area (Å²) in [5.74, 6) is 0.102. The van der Waals surface area contributed by atoms with E-state index in [0.29, 0.717) is 5.56 Å². The van der Waals surface area contributed by atoms with E-state index in [2.05, 4.69) is 0 Å². The van der Waals surface area contributed by atoms with E-state index in [1.54, 1.807) is 6.07 Å². The number of carbonyl (C=O) groups excluding carboxylic acids is 1. The van der Waals surface area contributed by atoms with E-state index in [1.165, 1.54) is 18.1 Å². The van der Waals surface area contributed by atoms with Crippen LogP contribution in [0.4, 0.5) is 0 Å². The molecule has 14 heavy (non-hydrogen) atoms. The van der Waals surface area contributed by atoms with Crippen LogP contribution in [-0.2, 0) is 12.8 Å². The van der Waals surface area contributed by atoms with E-state index in [0.717, 1.165) is 24.8 Å². The highest BCUT2D eigenvalue weighted by Gasteiger charge is 2.20. The summed E-state index contributed by atoms with van der Waals surface area (Å²) in [4.78, 5) is 11.3. The van der Waals surface area contributed by atoms with Crippen molar-refractivity contribution in [1.29, 1.82) is 0 Å². The average molecular weight is 190 g/mol. The SMILES string of the molecule is CC(=O)c1c(O)cc2c(c1C)CCC2. The molecule has 1 aromatic carbocycles. The predicted molar refractivity (Wildman–Crippen MR) is 54.9 cm³/mol. The van der Waals surface area contributed by atoms with Gasteiger partial charge in [-0.25, -0.2) is 0 Å². The molecule has 0 fully saturated rings. The zero-order valence-electron chi connectivity index (χ0n) is 8.55. The molecule has 0 saturated carbocycles. The van der Waals surface area contributed by atoms with Gasteiger partial charge in [-0.15, -0.1) is 0 Å². The minimum atomic E-state index is -0.0466. The van der Waals surface area contributed by atoms with Gasteiger partial charge in [-0.1, -0.05) is 0 Å². The molecule has 2 nitrogen and oxygen atoms in total. The Morgan fingerprint density at radius 2 is 2.14 bits per heavy atom. The molecule has 74 valence electrons. The lowest BCUT2D eigenvalue weighted by molar-refractivity contribution is 0.101. The molecule has 0 atom stereocenters. The topological polar surface area (TPSA) is 37.3 Å². The number of ketones is 1. The Kier molecular flexibility index (Phi) is 2.06. The van der Waals surface area contributed by atoms with Crippen molar-refractivity contribution in [2.75, 3.05) is 0 Å². The van der Waals surface area contributed by atoms with Gasteiger partial charge in [0.2, 0.25) is 0 Å². The molecule has 2 rings (SSSR count). The highest BCUT2D eigenvalue weighted by molar-refractivity contribution is 5.98. The van der Waals surface area contributed by atoms with Crippen LogP contribution in [0.5, 0.6) is 5.75 Å². The largest absolute Gasteiger partial charge is 0.507 e. The maximum absolute atomic E-state index is 11.3. The first-order valence-corrected chi connectivity index (χ1v) is 4.96. The highest BCUT2D eigenvalue weighted by atomic mass is 16.3. The van der Waals surface area contributed by atoms with Gasteiger partial charge >= 0.3 is 0 Å². The summed E-state index contributed by atoms with van der Waals surface area (Å²) in [7, 11) is 0. The van der Waals surface area contributed by atoms with Crippen LogP contribution in [0.25, 0.3) is 0 Å². The number of aromatic hydroxyl groups is 1. The average Bonchev–Trinajstić information content (AvgIpc) is 2.50. The Balaban J connectivity index is 2.68. The fourth-order valence-electron chi connectivity index (χ4n) is 2.38. The van der Waals surface area contributed by atoms with Gasteiger partial charge in [0.25, 0.3) is 0 Å². The first-order chi connectivity index (χ1) is 6.61. The Hall–Kier alpha value is -1.31. The fraction of sp³-hybridized carbons (Fsp3) is 0.417. The number of Topliss-reactive ketones (excluding diaryl/α,β-unsaturated/α-hetero) is 1. The van der Waals surface area contributed by atoms with Crippen molar-refractivity contribution >= 4 is 5.78 Å². The normalized spacial score (nSPS) is 14.1. The van der Waals surface area contributed by atoms with Crippen LogP contribution in [0, 0.1) is 6.92 Å². The Morgan fingerprint density at radius 1 is 1.43 bits per heavy atom. The molecule has 0 heterocycles. The maximum atomic E-state index is 11.3. The molecule has 0 unspecified atom stereocenters. The van der Waals surface area contributed by atoms with Gasteiger partial charge in [-0.05, 0) is 55.9 Å². The van der Waals surface area contributed by atoms with Crippen molar-refractivity contribution in [3.05, 3.63) is 28.3 Å². The summed E-state index contributed by atoms with van der Waals surface area (Å²) in [6.07, 6.45) is 3.21. The lowest BCUT2D eigenvalue weighted by Crippen LogP contribution is -2.01. The lowest BCUT2D eigenvalue weighted by Gasteiger charge is -2.10. The Bertz CT molecular complexity index is 405. The van der Waals surface area contributed by atoms with Crippen LogP contribution in [0.3, 0.4) is 0 Å². The quantitative estimate of drug-likeness (QED) is 0.690. The minimum Gasteiger partial charge on any atom is -0.507 e. The van der Waals surface area contributed by atoms with Gasteiger partial charge in [0.1, 0.15) is 5.75 Å². The van der Waals surface area contributed by atoms with Crippen LogP contribution in [0.2, 0.25) is 0 Å². The number of phenols is 1. The van der Waals surface area contributed by atoms with Crippen LogP contribution in [-0.4, -0.2) is 10.9 Å².